The standard InChI is InChI=1S/C17H27N3O3.HI/c1-5-18-17(20-8-6-7-9-20)19-12-13-10-14(21-2)16(23-4)15(11-13)22-3;/h10-11H,5-9,12H2,1-4H3,(H,18,19);1H. The lowest BCUT2D eigenvalue weighted by atomic mass is 10.2. The highest BCUT2D eigenvalue weighted by Crippen LogP contribution is 2.38. The van der Waals surface area contributed by atoms with Gasteiger partial charge in [-0.2, -0.15) is 0 Å². The zero-order valence-electron chi connectivity index (χ0n) is 14.9. The number of halogens is 1. The number of likely N-dealkylation sites (tertiary alicyclic amines) is 1. The molecule has 0 amide bonds. The van der Waals surface area contributed by atoms with Crippen LogP contribution < -0.4 is 19.5 Å². The second-order valence-electron chi connectivity index (χ2n) is 5.40. The molecule has 0 bridgehead atoms. The predicted octanol–water partition coefficient (Wildman–Crippen LogP) is 2.89. The number of guanidine groups is 1. The Morgan fingerprint density at radius 2 is 1.67 bits per heavy atom. The van der Waals surface area contributed by atoms with Crippen molar-refractivity contribution in [1.82, 2.24) is 10.2 Å². The largest absolute Gasteiger partial charge is 0.493 e. The van der Waals surface area contributed by atoms with Crippen molar-refractivity contribution in [3.8, 4) is 17.2 Å². The van der Waals surface area contributed by atoms with Crippen molar-refractivity contribution >= 4 is 29.9 Å². The van der Waals surface area contributed by atoms with Gasteiger partial charge in [0.1, 0.15) is 0 Å². The Hall–Kier alpha value is -1.38. The molecule has 1 N–H and O–H groups in total. The molecule has 0 aliphatic carbocycles. The normalized spacial score (nSPS) is 14.2. The van der Waals surface area contributed by atoms with Crippen LogP contribution in [-0.2, 0) is 6.54 Å². The molecule has 1 saturated heterocycles. The van der Waals surface area contributed by atoms with E-state index in [1.165, 1.54) is 12.8 Å². The molecule has 1 aromatic rings. The van der Waals surface area contributed by atoms with Crippen molar-refractivity contribution in [3.05, 3.63) is 17.7 Å². The number of rotatable bonds is 6. The highest BCUT2D eigenvalue weighted by Gasteiger charge is 2.16. The molecule has 0 atom stereocenters. The number of ether oxygens (including phenoxy) is 3. The van der Waals surface area contributed by atoms with Crippen LogP contribution in [0.4, 0.5) is 0 Å². The Morgan fingerprint density at radius 1 is 1.08 bits per heavy atom. The van der Waals surface area contributed by atoms with Gasteiger partial charge >= 0.3 is 0 Å². The van der Waals surface area contributed by atoms with Crippen molar-refractivity contribution in [2.24, 2.45) is 4.99 Å². The average molecular weight is 449 g/mol. The second-order valence-corrected chi connectivity index (χ2v) is 5.40. The van der Waals surface area contributed by atoms with E-state index >= 15 is 0 Å². The van der Waals surface area contributed by atoms with Gasteiger partial charge in [-0.15, -0.1) is 24.0 Å². The highest BCUT2D eigenvalue weighted by atomic mass is 127. The smallest absolute Gasteiger partial charge is 0.203 e. The minimum atomic E-state index is 0. The van der Waals surface area contributed by atoms with Gasteiger partial charge in [-0.1, -0.05) is 0 Å². The Morgan fingerprint density at radius 3 is 2.12 bits per heavy atom. The number of hydrogen-bond donors (Lipinski definition) is 1. The molecule has 6 nitrogen and oxygen atoms in total. The van der Waals surface area contributed by atoms with Crippen LogP contribution in [0.1, 0.15) is 25.3 Å². The van der Waals surface area contributed by atoms with Crippen LogP contribution in [-0.4, -0.2) is 51.8 Å². The Kier molecular flexibility index (Phi) is 9.02. The van der Waals surface area contributed by atoms with E-state index < -0.39 is 0 Å². The van der Waals surface area contributed by atoms with Gasteiger partial charge in [-0.25, -0.2) is 4.99 Å². The van der Waals surface area contributed by atoms with E-state index in [0.29, 0.717) is 23.8 Å². The molecule has 2 rings (SSSR count). The molecule has 0 aromatic heterocycles. The fourth-order valence-electron chi connectivity index (χ4n) is 2.75. The number of aliphatic imine (C=N–C) groups is 1. The van der Waals surface area contributed by atoms with Gasteiger partial charge in [0.25, 0.3) is 0 Å². The van der Waals surface area contributed by atoms with Crippen LogP contribution in [0.5, 0.6) is 17.2 Å². The molecular weight excluding hydrogens is 421 g/mol. The van der Waals surface area contributed by atoms with E-state index in [0.717, 1.165) is 31.2 Å². The van der Waals surface area contributed by atoms with Crippen molar-refractivity contribution in [2.75, 3.05) is 41.0 Å². The molecule has 136 valence electrons. The summed E-state index contributed by atoms with van der Waals surface area (Å²) in [6.45, 7) is 5.66. The topological polar surface area (TPSA) is 55.3 Å². The van der Waals surface area contributed by atoms with Crippen LogP contribution in [0.25, 0.3) is 0 Å². The van der Waals surface area contributed by atoms with Crippen LogP contribution in [0.15, 0.2) is 17.1 Å². The molecule has 1 fully saturated rings. The lowest BCUT2D eigenvalue weighted by molar-refractivity contribution is 0.324. The zero-order valence-corrected chi connectivity index (χ0v) is 17.3. The zero-order chi connectivity index (χ0) is 16.7. The molecule has 1 heterocycles. The summed E-state index contributed by atoms with van der Waals surface area (Å²) in [6.07, 6.45) is 2.46. The van der Waals surface area contributed by atoms with Gasteiger partial charge in [-0.05, 0) is 37.5 Å². The fourth-order valence-corrected chi connectivity index (χ4v) is 2.75. The van der Waals surface area contributed by atoms with E-state index in [2.05, 4.69) is 17.1 Å². The number of methoxy groups -OCH3 is 3. The minimum absolute atomic E-state index is 0. The Labute approximate surface area is 161 Å². The van der Waals surface area contributed by atoms with Gasteiger partial charge in [0.05, 0.1) is 27.9 Å². The van der Waals surface area contributed by atoms with Crippen LogP contribution in [0, 0.1) is 0 Å². The molecule has 0 saturated carbocycles. The summed E-state index contributed by atoms with van der Waals surface area (Å²) in [4.78, 5) is 7.06. The molecular formula is C17H28IN3O3. The maximum absolute atomic E-state index is 5.39. The van der Waals surface area contributed by atoms with Gasteiger partial charge < -0.3 is 24.4 Å². The first-order valence-electron chi connectivity index (χ1n) is 8.05. The SMILES string of the molecule is CCNC(=NCc1cc(OC)c(OC)c(OC)c1)N1CCCC1.I. The van der Waals surface area contributed by atoms with Crippen molar-refractivity contribution in [3.63, 3.8) is 0 Å². The van der Waals surface area contributed by atoms with E-state index in [1.54, 1.807) is 21.3 Å². The summed E-state index contributed by atoms with van der Waals surface area (Å²) in [7, 11) is 4.85. The molecule has 24 heavy (non-hydrogen) atoms. The lowest BCUT2D eigenvalue weighted by Gasteiger charge is -2.21. The molecule has 1 aliphatic rings. The van der Waals surface area contributed by atoms with E-state index in [-0.39, 0.29) is 24.0 Å². The molecule has 0 unspecified atom stereocenters. The van der Waals surface area contributed by atoms with E-state index in [4.69, 9.17) is 19.2 Å². The maximum atomic E-state index is 5.39. The third-order valence-corrected chi connectivity index (χ3v) is 3.88. The minimum Gasteiger partial charge on any atom is -0.493 e. The van der Waals surface area contributed by atoms with Crippen molar-refractivity contribution in [1.29, 1.82) is 0 Å². The van der Waals surface area contributed by atoms with Gasteiger partial charge in [0.15, 0.2) is 17.5 Å². The van der Waals surface area contributed by atoms with Crippen molar-refractivity contribution in [2.45, 2.75) is 26.3 Å². The lowest BCUT2D eigenvalue weighted by Crippen LogP contribution is -2.39. The third kappa shape index (κ3) is 5.06. The molecule has 1 aliphatic heterocycles. The first-order valence-corrected chi connectivity index (χ1v) is 8.05. The number of hydrogen-bond acceptors (Lipinski definition) is 4. The summed E-state index contributed by atoms with van der Waals surface area (Å²) >= 11 is 0. The predicted molar refractivity (Wildman–Crippen MR) is 107 cm³/mol. The summed E-state index contributed by atoms with van der Waals surface area (Å²) in [5.74, 6) is 2.89. The average Bonchev–Trinajstić information content (AvgIpc) is 3.11. The van der Waals surface area contributed by atoms with Crippen LogP contribution >= 0.6 is 24.0 Å². The molecule has 0 radical (unpaired) electrons. The quantitative estimate of drug-likeness (QED) is 0.411. The fraction of sp³-hybridized carbons (Fsp3) is 0.588. The molecule has 7 heteroatoms. The number of benzene rings is 1. The molecule has 1 aromatic carbocycles. The van der Waals surface area contributed by atoms with Crippen molar-refractivity contribution < 1.29 is 14.2 Å². The Balaban J connectivity index is 0.00000288. The highest BCUT2D eigenvalue weighted by molar-refractivity contribution is 14.0. The maximum Gasteiger partial charge on any atom is 0.203 e. The monoisotopic (exact) mass is 449 g/mol. The second kappa shape index (κ2) is 10.5. The van der Waals surface area contributed by atoms with Crippen LogP contribution in [0.3, 0.4) is 0 Å². The first-order chi connectivity index (χ1) is 11.2. The number of nitrogens with zero attached hydrogens (tertiary/aromatic N) is 2. The third-order valence-electron chi connectivity index (χ3n) is 3.88. The van der Waals surface area contributed by atoms with Gasteiger partial charge in [0, 0.05) is 19.6 Å². The summed E-state index contributed by atoms with van der Waals surface area (Å²) in [5.41, 5.74) is 1.02. The first kappa shape index (κ1) is 20.7. The van der Waals surface area contributed by atoms with E-state index in [1.807, 2.05) is 12.1 Å². The van der Waals surface area contributed by atoms with Crippen LogP contribution in [0.2, 0.25) is 0 Å². The summed E-state index contributed by atoms with van der Waals surface area (Å²) < 4.78 is 16.1. The summed E-state index contributed by atoms with van der Waals surface area (Å²) in [6, 6.07) is 3.89. The summed E-state index contributed by atoms with van der Waals surface area (Å²) in [5, 5.41) is 3.36. The number of nitrogens with one attached hydrogen (secondary N) is 1. The Bertz CT molecular complexity index is 521. The molecule has 0 spiro atoms. The van der Waals surface area contributed by atoms with Gasteiger partial charge in [-0.3, -0.25) is 0 Å². The van der Waals surface area contributed by atoms with Gasteiger partial charge in [0.2, 0.25) is 5.75 Å². The van der Waals surface area contributed by atoms with E-state index in [9.17, 15) is 0 Å².